The third kappa shape index (κ3) is 4.50. The molecule has 0 saturated heterocycles. The molecule has 2 N–H and O–H groups in total. The molecule has 18 heavy (non-hydrogen) atoms. The van der Waals surface area contributed by atoms with Crippen LogP contribution in [0.1, 0.15) is 30.1 Å². The van der Waals surface area contributed by atoms with Gasteiger partial charge in [-0.15, -0.1) is 0 Å². The highest BCUT2D eigenvalue weighted by Crippen LogP contribution is 2.21. The standard InChI is InChI=1S/C13H17BrClNO2/c1-2-9(5-6-14)8-16-13(18)11-7-10(17)3-4-12(11)15/h3-4,7,9,17H,2,5-6,8H2,1H3,(H,16,18). The second kappa shape index (κ2) is 7.64. The van der Waals surface area contributed by atoms with Crippen molar-refractivity contribution in [2.24, 2.45) is 5.92 Å². The zero-order chi connectivity index (χ0) is 13.5. The Kier molecular flexibility index (Phi) is 6.50. The van der Waals surface area contributed by atoms with Crippen molar-refractivity contribution in [1.82, 2.24) is 5.32 Å². The summed E-state index contributed by atoms with van der Waals surface area (Å²) in [6.45, 7) is 2.72. The van der Waals surface area contributed by atoms with Gasteiger partial charge in [0.05, 0.1) is 10.6 Å². The summed E-state index contributed by atoms with van der Waals surface area (Å²) in [5.41, 5.74) is 0.311. The summed E-state index contributed by atoms with van der Waals surface area (Å²) in [7, 11) is 0. The van der Waals surface area contributed by atoms with Gasteiger partial charge in [-0.3, -0.25) is 4.79 Å². The van der Waals surface area contributed by atoms with Gasteiger partial charge >= 0.3 is 0 Å². The Morgan fingerprint density at radius 1 is 1.56 bits per heavy atom. The number of hydrogen-bond donors (Lipinski definition) is 2. The molecular formula is C13H17BrClNO2. The highest BCUT2D eigenvalue weighted by Gasteiger charge is 2.13. The molecule has 0 bridgehead atoms. The number of carbonyl (C=O) groups excluding carboxylic acids is 1. The lowest BCUT2D eigenvalue weighted by Crippen LogP contribution is -2.29. The number of phenols is 1. The molecule has 100 valence electrons. The van der Waals surface area contributed by atoms with Crippen LogP contribution in [-0.4, -0.2) is 22.9 Å². The van der Waals surface area contributed by atoms with Crippen LogP contribution in [-0.2, 0) is 0 Å². The van der Waals surface area contributed by atoms with Crippen LogP contribution in [0.5, 0.6) is 5.75 Å². The van der Waals surface area contributed by atoms with Gasteiger partial charge in [0.25, 0.3) is 5.91 Å². The van der Waals surface area contributed by atoms with Gasteiger partial charge in [0.2, 0.25) is 0 Å². The van der Waals surface area contributed by atoms with E-state index in [0.717, 1.165) is 18.2 Å². The minimum Gasteiger partial charge on any atom is -0.508 e. The van der Waals surface area contributed by atoms with E-state index in [2.05, 4.69) is 28.2 Å². The minimum atomic E-state index is -0.246. The first kappa shape index (κ1) is 15.3. The van der Waals surface area contributed by atoms with Crippen molar-refractivity contribution in [3.05, 3.63) is 28.8 Å². The predicted molar refractivity (Wildman–Crippen MR) is 77.6 cm³/mol. The molecule has 3 nitrogen and oxygen atoms in total. The minimum absolute atomic E-state index is 0.0389. The van der Waals surface area contributed by atoms with Crippen molar-refractivity contribution in [3.8, 4) is 5.75 Å². The third-order valence-electron chi connectivity index (χ3n) is 2.84. The number of aromatic hydroxyl groups is 1. The molecule has 1 unspecified atom stereocenters. The molecule has 0 radical (unpaired) electrons. The normalized spacial score (nSPS) is 12.2. The maximum absolute atomic E-state index is 11.9. The van der Waals surface area contributed by atoms with Gasteiger partial charge in [-0.25, -0.2) is 0 Å². The molecule has 1 amide bonds. The zero-order valence-corrected chi connectivity index (χ0v) is 12.6. The number of phenolic OH excluding ortho intramolecular Hbond substituents is 1. The van der Waals surface area contributed by atoms with Crippen molar-refractivity contribution >= 4 is 33.4 Å². The molecule has 0 spiro atoms. The molecule has 0 fully saturated rings. The molecule has 0 heterocycles. The Hall–Kier alpha value is -0.740. The number of benzene rings is 1. The van der Waals surface area contributed by atoms with Crippen molar-refractivity contribution in [2.45, 2.75) is 19.8 Å². The molecule has 1 aromatic carbocycles. The Morgan fingerprint density at radius 2 is 2.28 bits per heavy atom. The summed E-state index contributed by atoms with van der Waals surface area (Å²) in [5, 5.41) is 13.5. The van der Waals surface area contributed by atoms with E-state index >= 15 is 0 Å². The van der Waals surface area contributed by atoms with Crippen LogP contribution in [0, 0.1) is 5.92 Å². The van der Waals surface area contributed by atoms with E-state index in [9.17, 15) is 9.90 Å². The Balaban J connectivity index is 2.62. The monoisotopic (exact) mass is 333 g/mol. The maximum Gasteiger partial charge on any atom is 0.252 e. The fraction of sp³-hybridized carbons (Fsp3) is 0.462. The Bertz CT molecular complexity index is 412. The number of nitrogens with one attached hydrogen (secondary N) is 1. The van der Waals surface area contributed by atoms with Crippen molar-refractivity contribution in [1.29, 1.82) is 0 Å². The summed E-state index contributed by atoms with van der Waals surface area (Å²) in [4.78, 5) is 11.9. The molecule has 0 aromatic heterocycles. The Morgan fingerprint density at radius 3 is 2.89 bits per heavy atom. The van der Waals surface area contributed by atoms with Gasteiger partial charge in [0, 0.05) is 11.9 Å². The summed E-state index contributed by atoms with van der Waals surface area (Å²) < 4.78 is 0. The molecule has 1 atom stereocenters. The fourth-order valence-corrected chi connectivity index (χ4v) is 2.48. The molecule has 1 rings (SSSR count). The Labute approximate surface area is 121 Å². The van der Waals surface area contributed by atoms with Gasteiger partial charge in [-0.05, 0) is 30.5 Å². The molecule has 0 saturated carbocycles. The highest BCUT2D eigenvalue weighted by molar-refractivity contribution is 9.09. The van der Waals surface area contributed by atoms with E-state index in [1.165, 1.54) is 18.2 Å². The van der Waals surface area contributed by atoms with Crippen LogP contribution in [0.15, 0.2) is 18.2 Å². The van der Waals surface area contributed by atoms with Crippen LogP contribution in [0.3, 0.4) is 0 Å². The van der Waals surface area contributed by atoms with E-state index < -0.39 is 0 Å². The fourth-order valence-electron chi connectivity index (χ4n) is 1.62. The van der Waals surface area contributed by atoms with Gasteiger partial charge < -0.3 is 10.4 Å². The third-order valence-corrected chi connectivity index (χ3v) is 3.63. The lowest BCUT2D eigenvalue weighted by molar-refractivity contribution is 0.0946. The van der Waals surface area contributed by atoms with Crippen LogP contribution in [0.2, 0.25) is 5.02 Å². The van der Waals surface area contributed by atoms with Crippen molar-refractivity contribution in [2.75, 3.05) is 11.9 Å². The average Bonchev–Trinajstić information content (AvgIpc) is 2.37. The second-order valence-electron chi connectivity index (χ2n) is 4.13. The maximum atomic E-state index is 11.9. The summed E-state index contributed by atoms with van der Waals surface area (Å²) in [6, 6.07) is 4.35. The zero-order valence-electron chi connectivity index (χ0n) is 10.2. The van der Waals surface area contributed by atoms with E-state index in [0.29, 0.717) is 23.0 Å². The van der Waals surface area contributed by atoms with Crippen LogP contribution < -0.4 is 5.32 Å². The van der Waals surface area contributed by atoms with Gasteiger partial charge in [0.15, 0.2) is 0 Å². The molecule has 0 aliphatic carbocycles. The molecule has 0 aliphatic rings. The molecule has 1 aromatic rings. The number of hydrogen-bond acceptors (Lipinski definition) is 2. The van der Waals surface area contributed by atoms with Crippen molar-refractivity contribution in [3.63, 3.8) is 0 Å². The summed E-state index contributed by atoms with van der Waals surface area (Å²) in [6.07, 6.45) is 2.03. The first-order chi connectivity index (χ1) is 8.58. The lowest BCUT2D eigenvalue weighted by Gasteiger charge is -2.14. The number of alkyl halides is 1. The van der Waals surface area contributed by atoms with Gasteiger partial charge in [0.1, 0.15) is 5.75 Å². The number of carbonyl (C=O) groups is 1. The highest BCUT2D eigenvalue weighted by atomic mass is 79.9. The largest absolute Gasteiger partial charge is 0.508 e. The summed E-state index contributed by atoms with van der Waals surface area (Å²) in [5.74, 6) is 0.241. The average molecular weight is 335 g/mol. The smallest absolute Gasteiger partial charge is 0.252 e. The van der Waals surface area contributed by atoms with E-state index in [1.54, 1.807) is 0 Å². The topological polar surface area (TPSA) is 49.3 Å². The van der Waals surface area contributed by atoms with Gasteiger partial charge in [-0.2, -0.15) is 0 Å². The quantitative estimate of drug-likeness (QED) is 0.781. The second-order valence-corrected chi connectivity index (χ2v) is 5.33. The van der Waals surface area contributed by atoms with E-state index in [4.69, 9.17) is 11.6 Å². The van der Waals surface area contributed by atoms with Crippen LogP contribution in [0.4, 0.5) is 0 Å². The lowest BCUT2D eigenvalue weighted by atomic mass is 10.0. The van der Waals surface area contributed by atoms with E-state index in [-0.39, 0.29) is 11.7 Å². The molecular weight excluding hydrogens is 318 g/mol. The summed E-state index contributed by atoms with van der Waals surface area (Å²) >= 11 is 9.32. The first-order valence-corrected chi connectivity index (χ1v) is 7.41. The van der Waals surface area contributed by atoms with E-state index in [1.807, 2.05) is 0 Å². The number of amides is 1. The number of rotatable bonds is 6. The molecule has 0 aliphatic heterocycles. The molecule has 5 heteroatoms. The van der Waals surface area contributed by atoms with Crippen molar-refractivity contribution < 1.29 is 9.90 Å². The van der Waals surface area contributed by atoms with Crippen LogP contribution in [0.25, 0.3) is 0 Å². The SMILES string of the molecule is CCC(CCBr)CNC(=O)c1cc(O)ccc1Cl. The number of halogens is 2. The van der Waals surface area contributed by atoms with Gasteiger partial charge in [-0.1, -0.05) is 40.9 Å². The predicted octanol–water partition coefficient (Wildman–Crippen LogP) is 3.59. The van der Waals surface area contributed by atoms with Crippen LogP contribution >= 0.6 is 27.5 Å². The first-order valence-electron chi connectivity index (χ1n) is 5.91.